The third kappa shape index (κ3) is 0.389. The smallest absolute Gasteiger partial charge is 0.0157 e. The van der Waals surface area contributed by atoms with Gasteiger partial charge in [-0.25, -0.2) is 0 Å². The second kappa shape index (κ2) is 1.32. The Bertz CT molecular complexity index is 249. The van der Waals surface area contributed by atoms with E-state index < -0.39 is 0 Å². The van der Waals surface area contributed by atoms with Crippen LogP contribution in [0.2, 0.25) is 0 Å². The van der Waals surface area contributed by atoms with Gasteiger partial charge in [0, 0.05) is 0 Å². The lowest BCUT2D eigenvalue weighted by Crippen LogP contribution is -2.32. The second-order valence-corrected chi connectivity index (χ2v) is 5.33. The van der Waals surface area contributed by atoms with Gasteiger partial charge in [0.15, 0.2) is 0 Å². The maximum Gasteiger partial charge on any atom is -0.0157 e. The van der Waals surface area contributed by atoms with Gasteiger partial charge >= 0.3 is 0 Å². The van der Waals surface area contributed by atoms with Gasteiger partial charge in [0.2, 0.25) is 0 Å². The molecule has 3 rings (SSSR count). The first kappa shape index (κ1) is 6.28. The van der Waals surface area contributed by atoms with E-state index in [1.165, 1.54) is 6.42 Å². The molecule has 0 aromatic rings. The molecule has 0 amide bonds. The zero-order valence-corrected chi connectivity index (χ0v) is 7.59. The molecule has 3 aliphatic carbocycles. The van der Waals surface area contributed by atoms with Crippen LogP contribution in [-0.2, 0) is 0 Å². The lowest BCUT2D eigenvalue weighted by atomic mass is 9.67. The molecule has 0 unspecified atom stereocenters. The van der Waals surface area contributed by atoms with Gasteiger partial charge in [0.25, 0.3) is 0 Å². The summed E-state index contributed by atoms with van der Waals surface area (Å²) in [5, 5.41) is 0. The maximum absolute atomic E-state index is 2.49. The van der Waals surface area contributed by atoms with Crippen molar-refractivity contribution < 1.29 is 0 Å². The Morgan fingerprint density at radius 2 is 2.00 bits per heavy atom. The fourth-order valence-corrected chi connectivity index (χ4v) is 4.19. The average Bonchev–Trinajstić information content (AvgIpc) is 2.33. The van der Waals surface area contributed by atoms with Gasteiger partial charge in [0.05, 0.1) is 0 Å². The van der Waals surface area contributed by atoms with Gasteiger partial charge in [-0.3, -0.25) is 0 Å². The minimum Gasteiger partial charge on any atom is -0.0879 e. The SMILES string of the molecule is CC1(C)[C@@H]2[C@H]3C=CC[C@H]3[C@@]21C. The van der Waals surface area contributed by atoms with Gasteiger partial charge < -0.3 is 0 Å². The minimum atomic E-state index is 0.660. The van der Waals surface area contributed by atoms with Crippen molar-refractivity contribution in [3.05, 3.63) is 12.2 Å². The molecule has 4 atom stereocenters. The fourth-order valence-electron chi connectivity index (χ4n) is 4.19. The lowest BCUT2D eigenvalue weighted by Gasteiger charge is -2.37. The monoisotopic (exact) mass is 148 g/mol. The van der Waals surface area contributed by atoms with Gasteiger partial charge in [-0.1, -0.05) is 32.9 Å². The van der Waals surface area contributed by atoms with E-state index in [-0.39, 0.29) is 0 Å². The van der Waals surface area contributed by atoms with Crippen LogP contribution < -0.4 is 0 Å². The molecule has 60 valence electrons. The maximum atomic E-state index is 2.49. The van der Waals surface area contributed by atoms with Gasteiger partial charge in [-0.05, 0) is 35.0 Å². The number of hydrogen-bond acceptors (Lipinski definition) is 0. The van der Waals surface area contributed by atoms with Crippen LogP contribution in [0.15, 0.2) is 12.2 Å². The molecule has 0 nitrogen and oxygen atoms in total. The Hall–Kier alpha value is -0.260. The van der Waals surface area contributed by atoms with E-state index in [1.54, 1.807) is 0 Å². The molecule has 11 heavy (non-hydrogen) atoms. The quantitative estimate of drug-likeness (QED) is 0.463. The van der Waals surface area contributed by atoms with Crippen LogP contribution in [0.25, 0.3) is 0 Å². The summed E-state index contributed by atoms with van der Waals surface area (Å²) in [4.78, 5) is 0. The summed E-state index contributed by atoms with van der Waals surface area (Å²) in [5.74, 6) is 3.01. The Balaban J connectivity index is 2.01. The third-order valence-electron chi connectivity index (χ3n) is 5.10. The van der Waals surface area contributed by atoms with Crippen molar-refractivity contribution in [2.24, 2.45) is 28.6 Å². The number of allylic oxidation sites excluding steroid dienone is 2. The van der Waals surface area contributed by atoms with E-state index in [9.17, 15) is 0 Å². The molecule has 0 saturated heterocycles. The summed E-state index contributed by atoms with van der Waals surface area (Å²) in [6, 6.07) is 0. The molecule has 0 aromatic carbocycles. The molecule has 0 bridgehead atoms. The zero-order valence-electron chi connectivity index (χ0n) is 7.59. The molecule has 0 spiro atoms. The molecular weight excluding hydrogens is 132 g/mol. The predicted molar refractivity (Wildman–Crippen MR) is 46.1 cm³/mol. The highest BCUT2D eigenvalue weighted by atomic mass is 14.9. The highest BCUT2D eigenvalue weighted by Gasteiger charge is 2.81. The summed E-state index contributed by atoms with van der Waals surface area (Å²) in [7, 11) is 0. The van der Waals surface area contributed by atoms with Crippen molar-refractivity contribution in [1.29, 1.82) is 0 Å². The second-order valence-electron chi connectivity index (χ2n) is 5.33. The number of hydrogen-bond donors (Lipinski definition) is 0. The van der Waals surface area contributed by atoms with Crippen molar-refractivity contribution in [2.45, 2.75) is 27.2 Å². The van der Waals surface area contributed by atoms with Crippen molar-refractivity contribution in [2.75, 3.05) is 0 Å². The van der Waals surface area contributed by atoms with Crippen LogP contribution in [0.4, 0.5) is 0 Å². The Labute approximate surface area is 68.7 Å². The van der Waals surface area contributed by atoms with Crippen LogP contribution in [0.1, 0.15) is 27.2 Å². The van der Waals surface area contributed by atoms with Gasteiger partial charge in [-0.15, -0.1) is 0 Å². The molecule has 0 radical (unpaired) electrons. The van der Waals surface area contributed by atoms with Crippen molar-refractivity contribution in [3.8, 4) is 0 Å². The molecule has 0 aliphatic heterocycles. The molecule has 0 heteroatoms. The zero-order chi connectivity index (χ0) is 7.85. The lowest BCUT2D eigenvalue weighted by molar-refractivity contribution is 0.123. The number of fused-ring (bicyclic) bond motifs is 4. The molecule has 0 heterocycles. The van der Waals surface area contributed by atoms with Crippen molar-refractivity contribution in [1.82, 2.24) is 0 Å². The van der Waals surface area contributed by atoms with E-state index in [0.717, 1.165) is 23.2 Å². The van der Waals surface area contributed by atoms with E-state index in [4.69, 9.17) is 0 Å². The summed E-state index contributed by atoms with van der Waals surface area (Å²) >= 11 is 0. The molecule has 3 aliphatic rings. The minimum absolute atomic E-state index is 0.660. The molecule has 0 N–H and O–H groups in total. The van der Waals surface area contributed by atoms with Crippen molar-refractivity contribution >= 4 is 0 Å². The number of rotatable bonds is 0. The van der Waals surface area contributed by atoms with Crippen LogP contribution in [0.3, 0.4) is 0 Å². The standard InChI is InChI=1S/C11H16/c1-10(2)9-7-5-4-6-8(7)11(9,10)3/h4-5,7-9H,6H2,1-3H3/t7-,8+,9-,11-/m0/s1. The first-order valence-corrected chi connectivity index (χ1v) is 4.77. The highest BCUT2D eigenvalue weighted by molar-refractivity contribution is 5.35. The average molecular weight is 148 g/mol. The Kier molecular flexibility index (Phi) is 0.753. The van der Waals surface area contributed by atoms with E-state index in [0.29, 0.717) is 5.41 Å². The predicted octanol–water partition coefficient (Wildman–Crippen LogP) is 2.85. The first-order valence-electron chi connectivity index (χ1n) is 4.77. The van der Waals surface area contributed by atoms with E-state index in [2.05, 4.69) is 32.9 Å². The van der Waals surface area contributed by atoms with Crippen LogP contribution in [0.5, 0.6) is 0 Å². The van der Waals surface area contributed by atoms with Gasteiger partial charge in [-0.2, -0.15) is 0 Å². The normalized spacial score (nSPS) is 61.5. The largest absolute Gasteiger partial charge is 0.0879 e. The summed E-state index contributed by atoms with van der Waals surface area (Å²) in [5.41, 5.74) is 1.38. The molecule has 2 saturated carbocycles. The Morgan fingerprint density at radius 3 is 2.64 bits per heavy atom. The van der Waals surface area contributed by atoms with Crippen molar-refractivity contribution in [3.63, 3.8) is 0 Å². The summed E-state index contributed by atoms with van der Waals surface area (Å²) in [6.45, 7) is 7.39. The topological polar surface area (TPSA) is 0 Å². The van der Waals surface area contributed by atoms with Gasteiger partial charge in [0.1, 0.15) is 0 Å². The van der Waals surface area contributed by atoms with Crippen LogP contribution in [-0.4, -0.2) is 0 Å². The fraction of sp³-hybridized carbons (Fsp3) is 0.818. The Morgan fingerprint density at radius 1 is 1.27 bits per heavy atom. The molecule has 0 aromatic heterocycles. The summed E-state index contributed by atoms with van der Waals surface area (Å²) in [6.07, 6.45) is 6.22. The van der Waals surface area contributed by atoms with E-state index in [1.807, 2.05) is 0 Å². The van der Waals surface area contributed by atoms with Crippen LogP contribution >= 0.6 is 0 Å². The molecule has 2 fully saturated rings. The third-order valence-corrected chi connectivity index (χ3v) is 5.10. The van der Waals surface area contributed by atoms with Crippen LogP contribution in [0, 0.1) is 28.6 Å². The highest BCUT2D eigenvalue weighted by Crippen LogP contribution is 2.86. The molecular formula is C11H16. The summed E-state index contributed by atoms with van der Waals surface area (Å²) < 4.78 is 0. The van der Waals surface area contributed by atoms with E-state index >= 15 is 0 Å². The first-order chi connectivity index (χ1) is 5.10.